The molecule has 0 radical (unpaired) electrons. The fourth-order valence-electron chi connectivity index (χ4n) is 3.35. The SMILES string of the molecule is CCc1ccccc1-n1cnnc1SCC(=O)NC1(c2ccc(Br)cc2)CC1. The standard InChI is InChI=1S/C21H21BrN4OS/c1-2-15-5-3-4-6-18(15)26-14-23-25-20(26)28-13-19(27)24-21(11-12-21)16-7-9-17(22)10-8-16/h3-10,14H,2,11-13H2,1H3,(H,24,27). The number of hydrogen-bond acceptors (Lipinski definition) is 4. The molecule has 5 nitrogen and oxygen atoms in total. The molecule has 1 amide bonds. The van der Waals surface area contributed by atoms with Crippen LogP contribution in [0, 0.1) is 0 Å². The van der Waals surface area contributed by atoms with Gasteiger partial charge in [0.2, 0.25) is 5.91 Å². The zero-order valence-corrected chi connectivity index (χ0v) is 18.0. The van der Waals surface area contributed by atoms with Crippen molar-refractivity contribution in [2.24, 2.45) is 0 Å². The predicted octanol–water partition coefficient (Wildman–Crippen LogP) is 4.49. The molecule has 0 bridgehead atoms. The molecule has 3 aromatic rings. The van der Waals surface area contributed by atoms with Crippen molar-refractivity contribution in [3.63, 3.8) is 0 Å². The van der Waals surface area contributed by atoms with Crippen LogP contribution in [0.5, 0.6) is 0 Å². The molecule has 1 aliphatic carbocycles. The number of nitrogens with one attached hydrogen (secondary N) is 1. The van der Waals surface area contributed by atoms with E-state index in [1.165, 1.54) is 17.3 Å². The molecule has 0 aliphatic heterocycles. The van der Waals surface area contributed by atoms with Crippen LogP contribution in [0.3, 0.4) is 0 Å². The molecule has 0 saturated heterocycles. The van der Waals surface area contributed by atoms with E-state index in [0.717, 1.165) is 40.1 Å². The van der Waals surface area contributed by atoms with E-state index in [2.05, 4.69) is 62.6 Å². The highest BCUT2D eigenvalue weighted by atomic mass is 79.9. The van der Waals surface area contributed by atoms with Crippen LogP contribution in [-0.2, 0) is 16.8 Å². The molecule has 1 saturated carbocycles. The van der Waals surface area contributed by atoms with Crippen molar-refractivity contribution < 1.29 is 4.79 Å². The van der Waals surface area contributed by atoms with Gasteiger partial charge in [-0.3, -0.25) is 9.36 Å². The summed E-state index contributed by atoms with van der Waals surface area (Å²) in [5.41, 5.74) is 3.24. The summed E-state index contributed by atoms with van der Waals surface area (Å²) in [7, 11) is 0. The van der Waals surface area contributed by atoms with E-state index < -0.39 is 0 Å². The van der Waals surface area contributed by atoms with E-state index in [9.17, 15) is 4.79 Å². The van der Waals surface area contributed by atoms with E-state index in [1.54, 1.807) is 6.33 Å². The summed E-state index contributed by atoms with van der Waals surface area (Å²) >= 11 is 4.87. The maximum Gasteiger partial charge on any atom is 0.231 e. The molecule has 0 unspecified atom stereocenters. The Balaban J connectivity index is 1.43. The number of amides is 1. The minimum Gasteiger partial charge on any atom is -0.346 e. The van der Waals surface area contributed by atoms with Gasteiger partial charge in [0.05, 0.1) is 17.0 Å². The van der Waals surface area contributed by atoms with Crippen LogP contribution < -0.4 is 5.32 Å². The summed E-state index contributed by atoms with van der Waals surface area (Å²) < 4.78 is 3.00. The molecule has 7 heteroatoms. The fraction of sp³-hybridized carbons (Fsp3) is 0.286. The first kappa shape index (κ1) is 19.2. The molecule has 0 spiro atoms. The van der Waals surface area contributed by atoms with Crippen molar-refractivity contribution >= 4 is 33.6 Å². The summed E-state index contributed by atoms with van der Waals surface area (Å²) in [5.74, 6) is 0.328. The number of rotatable bonds is 7. The van der Waals surface area contributed by atoms with Crippen LogP contribution >= 0.6 is 27.7 Å². The van der Waals surface area contributed by atoms with Gasteiger partial charge in [-0.15, -0.1) is 10.2 Å². The number of benzene rings is 2. The highest BCUT2D eigenvalue weighted by Crippen LogP contribution is 2.45. The Kier molecular flexibility index (Phi) is 5.55. The Morgan fingerprint density at radius 2 is 1.96 bits per heavy atom. The number of para-hydroxylation sites is 1. The van der Waals surface area contributed by atoms with Crippen molar-refractivity contribution in [3.8, 4) is 5.69 Å². The Morgan fingerprint density at radius 3 is 2.68 bits per heavy atom. The molecule has 1 heterocycles. The number of aromatic nitrogens is 3. The largest absolute Gasteiger partial charge is 0.346 e. The molecule has 1 fully saturated rings. The first-order valence-electron chi connectivity index (χ1n) is 9.29. The number of carbonyl (C=O) groups is 1. The molecule has 2 aromatic carbocycles. The lowest BCUT2D eigenvalue weighted by Crippen LogP contribution is -2.36. The zero-order valence-electron chi connectivity index (χ0n) is 15.6. The molecular formula is C21H21BrN4OS. The number of hydrogen-bond donors (Lipinski definition) is 1. The highest BCUT2D eigenvalue weighted by molar-refractivity contribution is 9.10. The third-order valence-electron chi connectivity index (χ3n) is 5.01. The quantitative estimate of drug-likeness (QED) is 0.532. The molecule has 144 valence electrons. The zero-order chi connectivity index (χ0) is 19.6. The predicted molar refractivity (Wildman–Crippen MR) is 115 cm³/mol. The number of thioether (sulfide) groups is 1. The highest BCUT2D eigenvalue weighted by Gasteiger charge is 2.45. The second-order valence-electron chi connectivity index (χ2n) is 6.89. The van der Waals surface area contributed by atoms with Crippen molar-refractivity contribution in [1.82, 2.24) is 20.1 Å². The fourth-order valence-corrected chi connectivity index (χ4v) is 4.33. The van der Waals surface area contributed by atoms with Gasteiger partial charge in [-0.2, -0.15) is 0 Å². The monoisotopic (exact) mass is 456 g/mol. The average molecular weight is 457 g/mol. The topological polar surface area (TPSA) is 59.8 Å². The summed E-state index contributed by atoms with van der Waals surface area (Å²) in [6.45, 7) is 2.13. The minimum atomic E-state index is -0.208. The third kappa shape index (κ3) is 4.00. The maximum absolute atomic E-state index is 12.6. The van der Waals surface area contributed by atoms with Gasteiger partial charge >= 0.3 is 0 Å². The number of aryl methyl sites for hydroxylation is 1. The first-order valence-corrected chi connectivity index (χ1v) is 11.1. The molecule has 4 rings (SSSR count). The maximum atomic E-state index is 12.6. The van der Waals surface area contributed by atoms with Gasteiger partial charge in [0.1, 0.15) is 6.33 Å². The van der Waals surface area contributed by atoms with Gasteiger partial charge in [0, 0.05) is 4.47 Å². The molecule has 1 N–H and O–H groups in total. The van der Waals surface area contributed by atoms with E-state index >= 15 is 0 Å². The van der Waals surface area contributed by atoms with Gasteiger partial charge in [-0.25, -0.2) is 0 Å². The van der Waals surface area contributed by atoms with Crippen molar-refractivity contribution in [3.05, 3.63) is 70.5 Å². The average Bonchev–Trinajstić information content (AvgIpc) is 3.33. The van der Waals surface area contributed by atoms with Gasteiger partial charge in [0.15, 0.2) is 5.16 Å². The normalized spacial score (nSPS) is 14.6. The van der Waals surface area contributed by atoms with Crippen LogP contribution in [0.2, 0.25) is 0 Å². The van der Waals surface area contributed by atoms with E-state index in [0.29, 0.717) is 5.75 Å². The number of carbonyl (C=O) groups excluding carboxylic acids is 1. The first-order chi connectivity index (χ1) is 13.6. The summed E-state index contributed by atoms with van der Waals surface area (Å²) in [4.78, 5) is 12.6. The molecule has 1 aliphatic rings. The lowest BCUT2D eigenvalue weighted by Gasteiger charge is -2.18. The molecule has 28 heavy (non-hydrogen) atoms. The minimum absolute atomic E-state index is 0.0174. The van der Waals surface area contributed by atoms with E-state index in [4.69, 9.17) is 0 Å². The summed E-state index contributed by atoms with van der Waals surface area (Å²) in [6.07, 6.45) is 4.59. The smallest absolute Gasteiger partial charge is 0.231 e. The molecular weight excluding hydrogens is 436 g/mol. The van der Waals surface area contributed by atoms with Crippen LogP contribution in [0.15, 0.2) is 64.5 Å². The van der Waals surface area contributed by atoms with Crippen LogP contribution in [-0.4, -0.2) is 26.4 Å². The Bertz CT molecular complexity index is 982. The van der Waals surface area contributed by atoms with Gasteiger partial charge in [-0.05, 0) is 48.6 Å². The second-order valence-corrected chi connectivity index (χ2v) is 8.75. The lowest BCUT2D eigenvalue weighted by molar-refractivity contribution is -0.119. The third-order valence-corrected chi connectivity index (χ3v) is 6.48. The van der Waals surface area contributed by atoms with Crippen molar-refractivity contribution in [1.29, 1.82) is 0 Å². The Hall–Kier alpha value is -2.12. The molecule has 0 atom stereocenters. The van der Waals surface area contributed by atoms with Crippen LogP contribution in [0.1, 0.15) is 30.9 Å². The van der Waals surface area contributed by atoms with Crippen molar-refractivity contribution in [2.45, 2.75) is 36.9 Å². The Morgan fingerprint density at radius 1 is 1.21 bits per heavy atom. The van der Waals surface area contributed by atoms with E-state index in [-0.39, 0.29) is 11.4 Å². The van der Waals surface area contributed by atoms with Crippen LogP contribution in [0.25, 0.3) is 5.69 Å². The van der Waals surface area contributed by atoms with Gasteiger partial charge < -0.3 is 5.32 Å². The van der Waals surface area contributed by atoms with Gasteiger partial charge in [-0.1, -0.05) is 64.9 Å². The number of halogens is 1. The number of nitrogens with zero attached hydrogens (tertiary/aromatic N) is 3. The summed E-state index contributed by atoms with van der Waals surface area (Å²) in [6, 6.07) is 16.4. The second kappa shape index (κ2) is 8.09. The lowest BCUT2D eigenvalue weighted by atomic mass is 10.1. The van der Waals surface area contributed by atoms with Gasteiger partial charge in [0.25, 0.3) is 0 Å². The Labute approximate surface area is 177 Å². The summed E-state index contributed by atoms with van der Waals surface area (Å²) in [5, 5.41) is 12.2. The van der Waals surface area contributed by atoms with Crippen LogP contribution in [0.4, 0.5) is 0 Å². The van der Waals surface area contributed by atoms with E-state index in [1.807, 2.05) is 28.8 Å². The molecule has 1 aromatic heterocycles. The van der Waals surface area contributed by atoms with Crippen molar-refractivity contribution in [2.75, 3.05) is 5.75 Å².